The van der Waals surface area contributed by atoms with Gasteiger partial charge in [-0.25, -0.2) is 9.67 Å². The van der Waals surface area contributed by atoms with E-state index in [0.717, 1.165) is 48.5 Å². The van der Waals surface area contributed by atoms with E-state index in [1.54, 1.807) is 12.3 Å². The number of nitrogens with one attached hydrogen (secondary N) is 1. The van der Waals surface area contributed by atoms with Gasteiger partial charge in [0.2, 0.25) is 0 Å². The molecule has 0 radical (unpaired) electrons. The van der Waals surface area contributed by atoms with Gasteiger partial charge in [0.15, 0.2) is 11.5 Å². The Morgan fingerprint density at radius 3 is 3.07 bits per heavy atom. The Bertz CT molecular complexity index is 929. The molecule has 0 fully saturated rings. The van der Waals surface area contributed by atoms with E-state index in [9.17, 15) is 4.79 Å². The molecular weight excluding hydrogens is 342 g/mol. The standard InChI is InChI=1S/C20H23N5O2/c1-13(2)10-14-11-17(24-27-14)20(26)23-16-6-5-7-18-15(16)12-22-25(18)19-8-3-4-9-21-19/h3-4,8-9,11-13,16H,5-7,10H2,1-2H3,(H,23,26). The first-order valence-electron chi connectivity index (χ1n) is 9.36. The third kappa shape index (κ3) is 3.63. The van der Waals surface area contributed by atoms with Gasteiger partial charge < -0.3 is 9.84 Å². The van der Waals surface area contributed by atoms with E-state index < -0.39 is 0 Å². The van der Waals surface area contributed by atoms with E-state index in [0.29, 0.717) is 11.6 Å². The Morgan fingerprint density at radius 1 is 1.41 bits per heavy atom. The third-order valence-corrected chi connectivity index (χ3v) is 4.76. The molecule has 1 unspecified atom stereocenters. The van der Waals surface area contributed by atoms with E-state index in [-0.39, 0.29) is 11.9 Å². The molecule has 1 aliphatic carbocycles. The molecule has 3 aromatic heterocycles. The number of amides is 1. The van der Waals surface area contributed by atoms with Gasteiger partial charge in [-0.15, -0.1) is 0 Å². The lowest BCUT2D eigenvalue weighted by atomic mass is 9.93. The van der Waals surface area contributed by atoms with Crippen molar-refractivity contribution in [3.05, 3.63) is 59.4 Å². The summed E-state index contributed by atoms with van der Waals surface area (Å²) in [5.74, 6) is 1.77. The predicted molar refractivity (Wildman–Crippen MR) is 99.5 cm³/mol. The van der Waals surface area contributed by atoms with Gasteiger partial charge in [-0.05, 0) is 37.3 Å². The minimum Gasteiger partial charge on any atom is -0.361 e. The molecule has 7 heteroatoms. The second kappa shape index (κ2) is 7.34. The summed E-state index contributed by atoms with van der Waals surface area (Å²) >= 11 is 0. The van der Waals surface area contributed by atoms with Crippen LogP contribution in [0.4, 0.5) is 0 Å². The summed E-state index contributed by atoms with van der Waals surface area (Å²) in [6.07, 6.45) is 7.13. The quantitative estimate of drug-likeness (QED) is 0.750. The van der Waals surface area contributed by atoms with Crippen LogP contribution >= 0.6 is 0 Å². The Morgan fingerprint density at radius 2 is 2.30 bits per heavy atom. The van der Waals surface area contributed by atoms with Crippen LogP contribution in [0.2, 0.25) is 0 Å². The van der Waals surface area contributed by atoms with E-state index in [4.69, 9.17) is 4.52 Å². The number of carbonyl (C=O) groups is 1. The number of fused-ring (bicyclic) bond motifs is 1. The molecule has 1 N–H and O–H groups in total. The van der Waals surface area contributed by atoms with E-state index >= 15 is 0 Å². The highest BCUT2D eigenvalue weighted by molar-refractivity contribution is 5.92. The monoisotopic (exact) mass is 365 g/mol. The Kier molecular flexibility index (Phi) is 4.75. The SMILES string of the molecule is CC(C)Cc1cc(C(=O)NC2CCCc3c2cnn3-c2ccccn2)no1. The maximum absolute atomic E-state index is 12.6. The Balaban J connectivity index is 1.52. The van der Waals surface area contributed by atoms with Crippen molar-refractivity contribution >= 4 is 5.91 Å². The molecule has 0 aliphatic heterocycles. The second-order valence-electron chi connectivity index (χ2n) is 7.34. The maximum Gasteiger partial charge on any atom is 0.273 e. The van der Waals surface area contributed by atoms with Gasteiger partial charge in [0.05, 0.1) is 17.9 Å². The predicted octanol–water partition coefficient (Wildman–Crippen LogP) is 3.26. The average Bonchev–Trinajstić information content (AvgIpc) is 3.29. The molecule has 140 valence electrons. The molecule has 0 spiro atoms. The van der Waals surface area contributed by atoms with Crippen LogP contribution in [0, 0.1) is 5.92 Å². The molecule has 1 atom stereocenters. The van der Waals surface area contributed by atoms with Gasteiger partial charge in [0.1, 0.15) is 5.76 Å². The third-order valence-electron chi connectivity index (χ3n) is 4.76. The molecule has 7 nitrogen and oxygen atoms in total. The van der Waals surface area contributed by atoms with Crippen molar-refractivity contribution in [3.63, 3.8) is 0 Å². The van der Waals surface area contributed by atoms with E-state index in [2.05, 4.69) is 34.4 Å². The Hall–Kier alpha value is -2.96. The first kappa shape index (κ1) is 17.5. The van der Waals surface area contributed by atoms with Crippen LogP contribution in [-0.4, -0.2) is 25.8 Å². The fraction of sp³-hybridized carbons (Fsp3) is 0.400. The van der Waals surface area contributed by atoms with Gasteiger partial charge in [-0.3, -0.25) is 4.79 Å². The molecular formula is C20H23N5O2. The first-order valence-corrected chi connectivity index (χ1v) is 9.36. The normalized spacial score (nSPS) is 16.3. The molecule has 0 bridgehead atoms. The number of nitrogens with zero attached hydrogens (tertiary/aromatic N) is 4. The van der Waals surface area contributed by atoms with Crippen molar-refractivity contribution in [2.75, 3.05) is 0 Å². The van der Waals surface area contributed by atoms with Crippen molar-refractivity contribution < 1.29 is 9.32 Å². The lowest BCUT2D eigenvalue weighted by molar-refractivity contribution is 0.0923. The summed E-state index contributed by atoms with van der Waals surface area (Å²) < 4.78 is 7.15. The fourth-order valence-corrected chi connectivity index (χ4v) is 3.53. The zero-order valence-corrected chi connectivity index (χ0v) is 15.6. The second-order valence-corrected chi connectivity index (χ2v) is 7.34. The minimum atomic E-state index is -0.211. The number of rotatable bonds is 5. The summed E-state index contributed by atoms with van der Waals surface area (Å²) in [6, 6.07) is 7.41. The van der Waals surface area contributed by atoms with Crippen LogP contribution in [0.1, 0.15) is 60.2 Å². The lowest BCUT2D eigenvalue weighted by Gasteiger charge is -2.23. The average molecular weight is 365 g/mol. The van der Waals surface area contributed by atoms with Gasteiger partial charge in [-0.1, -0.05) is 25.1 Å². The van der Waals surface area contributed by atoms with Gasteiger partial charge in [0.25, 0.3) is 5.91 Å². The van der Waals surface area contributed by atoms with Crippen molar-refractivity contribution in [3.8, 4) is 5.82 Å². The number of hydrogen-bond donors (Lipinski definition) is 1. The zero-order valence-electron chi connectivity index (χ0n) is 15.6. The summed E-state index contributed by atoms with van der Waals surface area (Å²) in [5.41, 5.74) is 2.48. The number of aromatic nitrogens is 4. The first-order chi connectivity index (χ1) is 13.1. The molecule has 0 aromatic carbocycles. The van der Waals surface area contributed by atoms with Crippen LogP contribution in [-0.2, 0) is 12.8 Å². The molecule has 4 rings (SSSR count). The van der Waals surface area contributed by atoms with Crippen LogP contribution in [0.25, 0.3) is 5.82 Å². The lowest BCUT2D eigenvalue weighted by Crippen LogP contribution is -2.31. The fourth-order valence-electron chi connectivity index (χ4n) is 3.53. The van der Waals surface area contributed by atoms with Crippen LogP contribution in [0.15, 0.2) is 41.2 Å². The van der Waals surface area contributed by atoms with Crippen molar-refractivity contribution in [1.82, 2.24) is 25.2 Å². The van der Waals surface area contributed by atoms with E-state index in [1.807, 2.05) is 29.1 Å². The number of carbonyl (C=O) groups excluding carboxylic acids is 1. The largest absolute Gasteiger partial charge is 0.361 e. The Labute approximate surface area is 157 Å². The minimum absolute atomic E-state index is 0.0797. The van der Waals surface area contributed by atoms with Gasteiger partial charge in [0, 0.05) is 24.2 Å². The summed E-state index contributed by atoms with van der Waals surface area (Å²) in [6.45, 7) is 4.20. The smallest absolute Gasteiger partial charge is 0.273 e. The molecule has 0 saturated carbocycles. The van der Waals surface area contributed by atoms with E-state index in [1.165, 1.54) is 0 Å². The summed E-state index contributed by atoms with van der Waals surface area (Å²) in [4.78, 5) is 17.0. The summed E-state index contributed by atoms with van der Waals surface area (Å²) in [5, 5.41) is 11.5. The number of pyridine rings is 1. The highest BCUT2D eigenvalue weighted by Gasteiger charge is 2.27. The van der Waals surface area contributed by atoms with Crippen LogP contribution < -0.4 is 5.32 Å². The zero-order chi connectivity index (χ0) is 18.8. The highest BCUT2D eigenvalue weighted by Crippen LogP contribution is 2.31. The highest BCUT2D eigenvalue weighted by atomic mass is 16.5. The van der Waals surface area contributed by atoms with Gasteiger partial charge in [-0.2, -0.15) is 5.10 Å². The summed E-state index contributed by atoms with van der Waals surface area (Å²) in [7, 11) is 0. The topological polar surface area (TPSA) is 85.8 Å². The van der Waals surface area contributed by atoms with Crippen molar-refractivity contribution in [2.45, 2.75) is 45.6 Å². The van der Waals surface area contributed by atoms with Crippen molar-refractivity contribution in [2.24, 2.45) is 5.92 Å². The van der Waals surface area contributed by atoms with Gasteiger partial charge >= 0.3 is 0 Å². The van der Waals surface area contributed by atoms with Crippen LogP contribution in [0.3, 0.4) is 0 Å². The molecule has 3 heterocycles. The molecule has 27 heavy (non-hydrogen) atoms. The van der Waals surface area contributed by atoms with Crippen molar-refractivity contribution in [1.29, 1.82) is 0 Å². The molecule has 1 aliphatic rings. The molecule has 0 saturated heterocycles. The number of hydrogen-bond acceptors (Lipinski definition) is 5. The molecule has 3 aromatic rings. The van der Waals surface area contributed by atoms with Crippen LogP contribution in [0.5, 0.6) is 0 Å². The maximum atomic E-state index is 12.6. The molecule has 1 amide bonds.